The SMILES string of the molecule is Brc1ccc(Br)c2nsnc12.CC1(C)OB(c2cc3c(s2)c(CC2CCCCC2)c(CC2CCCCC2)c2sccc23)OC1(C)C.c1cc2c(s1)c(CC1CCCCC1)c(CC1CCCCC1)c1sc(-c3ccc(-c4cc5c(s4)c(CC4CCCCC4)c(CC4CCCCC4)c4sccc45)c4nsnc34)cc12.c1cc2c(s1)c(CC1CCCCC1)c(CC1CCCCC1)c1sccc12. The van der Waals surface area contributed by atoms with E-state index in [-0.39, 0.29) is 18.3 Å². The largest absolute Gasteiger partial charge is 0.505 e. The zero-order valence-corrected chi connectivity index (χ0v) is 90.2. The Labute approximate surface area is 847 Å². The number of nitrogens with zero attached hydrogens (tertiary/aromatic N) is 4. The van der Waals surface area contributed by atoms with Gasteiger partial charge in [0.25, 0.3) is 0 Å². The number of fused-ring (bicyclic) bond motifs is 14. The van der Waals surface area contributed by atoms with Gasteiger partial charge >= 0.3 is 7.12 Å². The fourth-order valence-corrected chi connectivity index (χ4v) is 36.9. The van der Waals surface area contributed by atoms with Gasteiger partial charge in [0.15, 0.2) is 0 Å². The first kappa shape index (κ1) is 93.5. The standard InChI is InChI=1S/C54H60N2S5.C30H41BO2S2.C24H30S2.C6H2Br2N2S/c1-5-13-33(14-6-1)27-41-43(29-35-17-9-3-10-18-35)53-45(37-23-25-57-51(37)41)31-47(59-53)39-21-22-40(50-49(39)55-61-56-50)48-32-46-38-24-26-58-52(38)42(28-34-15-7-2-8-16-34)44(54(46)60-48)30-36-19-11-4-12-20-36;1-29(2)30(3,4)33-31(32-29)26-19-25-22-15-16-34-27(22)23(17-20-11-7-5-8-12-20)24(28(25)35-26)18-21-13-9-6-10-14-21;1-3-7-17(8-4-1)15-21-22(16-18-9-5-2-6-10-18)24-20(12-14-26-24)19-11-13-25-23(19)21;7-3-1-2-4(8)6-5(3)9-11-10-6/h21-26,31-36H,1-20,27-30H2;15-16,19-21H,5-14,17-18H2,1-4H3;11-14,17-18H,1-10,15-16H2;1-2H. The predicted molar refractivity (Wildman–Crippen MR) is 595 cm³/mol. The summed E-state index contributed by atoms with van der Waals surface area (Å²) in [6.07, 6.45) is 67.2. The zero-order chi connectivity index (χ0) is 89.7. The van der Waals surface area contributed by atoms with Crippen molar-refractivity contribution < 1.29 is 9.31 Å². The van der Waals surface area contributed by atoms with Crippen LogP contribution in [0, 0.1) is 47.3 Å². The summed E-state index contributed by atoms with van der Waals surface area (Å²) in [5.41, 5.74) is 19.7. The molecule has 0 radical (unpaired) electrons. The van der Waals surface area contributed by atoms with Gasteiger partial charge in [-0.2, -0.15) is 17.5 Å². The van der Waals surface area contributed by atoms with Crippen LogP contribution in [0.1, 0.15) is 329 Å². The molecular weight excluding hydrogens is 1950 g/mol. The molecule has 6 nitrogen and oxygen atoms in total. The van der Waals surface area contributed by atoms with E-state index in [0.29, 0.717) is 0 Å². The lowest BCUT2D eigenvalue weighted by Gasteiger charge is -2.32. The van der Waals surface area contributed by atoms with Gasteiger partial charge in [0.05, 0.1) is 34.7 Å². The van der Waals surface area contributed by atoms with Crippen LogP contribution >= 0.6 is 146 Å². The normalized spacial score (nSPS) is 20.0. The maximum absolute atomic E-state index is 6.51. The van der Waals surface area contributed by atoms with Crippen molar-refractivity contribution in [2.45, 2.75) is 347 Å². The van der Waals surface area contributed by atoms with Crippen LogP contribution in [0.4, 0.5) is 0 Å². The lowest BCUT2D eigenvalue weighted by molar-refractivity contribution is 0.00578. The minimum Gasteiger partial charge on any atom is -0.399 e. The summed E-state index contributed by atoms with van der Waals surface area (Å²) in [7, 11) is -0.268. The van der Waals surface area contributed by atoms with Gasteiger partial charge in [-0.25, -0.2) is 0 Å². The molecule has 11 heterocycles. The molecule has 9 fully saturated rings. The predicted octanol–water partition coefficient (Wildman–Crippen LogP) is 38.6. The number of halogens is 2. The molecule has 16 aromatic rings. The van der Waals surface area contributed by atoms with Crippen LogP contribution < -0.4 is 4.78 Å². The number of benzene rings is 6. The first-order valence-electron chi connectivity index (χ1n) is 52.1. The highest BCUT2D eigenvalue weighted by atomic mass is 79.9. The fraction of sp³-hybridized carbons (Fsp3) is 0.544. The number of hydrogen-bond donors (Lipinski definition) is 0. The van der Waals surface area contributed by atoms with E-state index in [2.05, 4.69) is 179 Å². The summed E-state index contributed by atoms with van der Waals surface area (Å²) >= 11 is 25.5. The van der Waals surface area contributed by atoms with Gasteiger partial charge < -0.3 is 9.31 Å². The van der Waals surface area contributed by atoms with Gasteiger partial charge in [0, 0.05) is 115 Å². The minimum atomic E-state index is -0.303. The van der Waals surface area contributed by atoms with Crippen molar-refractivity contribution in [3.8, 4) is 20.9 Å². The van der Waals surface area contributed by atoms with E-state index in [1.54, 1.807) is 77.4 Å². The molecule has 0 unspecified atom stereocenters. The molecule has 0 amide bonds. The van der Waals surface area contributed by atoms with Crippen LogP contribution in [0.25, 0.3) is 124 Å². The second-order valence-electron chi connectivity index (χ2n) is 43.1. The molecule has 25 rings (SSSR count). The quantitative estimate of drug-likeness (QED) is 0.0752. The topological polar surface area (TPSA) is 70.0 Å². The van der Waals surface area contributed by atoms with Crippen molar-refractivity contribution in [1.82, 2.24) is 17.5 Å². The zero-order valence-electron chi connectivity index (χ0n) is 78.9. The average Bonchev–Trinajstić information content (AvgIpc) is 1.59. The molecule has 6 aromatic carbocycles. The molecule has 1 aliphatic heterocycles. The number of thiophene rings is 8. The molecule has 10 aromatic heterocycles. The summed E-state index contributed by atoms with van der Waals surface area (Å²) in [5.74, 6) is 6.88. The van der Waals surface area contributed by atoms with Gasteiger partial charge in [-0.1, -0.05) is 269 Å². The Morgan fingerprint density at radius 1 is 0.271 bits per heavy atom. The Bertz CT molecular complexity index is 6410. The lowest BCUT2D eigenvalue weighted by Crippen LogP contribution is -2.41. The molecule has 9 aliphatic rings. The maximum Gasteiger partial charge on any atom is 0.505 e. The molecule has 1 saturated heterocycles. The molecule has 0 spiro atoms. The molecule has 0 bridgehead atoms. The highest BCUT2D eigenvalue weighted by molar-refractivity contribution is 9.11. The van der Waals surface area contributed by atoms with Crippen molar-refractivity contribution in [3.05, 3.63) is 153 Å². The van der Waals surface area contributed by atoms with Crippen LogP contribution in [0.5, 0.6) is 0 Å². The minimum absolute atomic E-state index is 0.268. The third kappa shape index (κ3) is 19.8. The second kappa shape index (κ2) is 42.0. The maximum atomic E-state index is 6.51. The van der Waals surface area contributed by atoms with E-state index >= 15 is 0 Å². The van der Waals surface area contributed by atoms with E-state index in [1.807, 2.05) is 80.2 Å². The number of aromatic nitrogens is 4. The van der Waals surface area contributed by atoms with Crippen LogP contribution in [-0.4, -0.2) is 35.8 Å². The summed E-state index contributed by atoms with van der Waals surface area (Å²) < 4.78 is 47.4. The van der Waals surface area contributed by atoms with Gasteiger partial charge in [0.2, 0.25) is 0 Å². The molecule has 8 aliphatic carbocycles. The van der Waals surface area contributed by atoms with Crippen molar-refractivity contribution in [3.63, 3.8) is 0 Å². The molecule has 698 valence electrons. The summed E-state index contributed by atoms with van der Waals surface area (Å²) in [6.45, 7) is 8.64. The molecule has 8 saturated carbocycles. The van der Waals surface area contributed by atoms with Crippen molar-refractivity contribution in [2.24, 2.45) is 47.3 Å². The third-order valence-electron chi connectivity index (χ3n) is 33.8. The fourth-order valence-electron chi connectivity index (χ4n) is 25.9. The van der Waals surface area contributed by atoms with E-state index in [1.165, 1.54) is 405 Å². The number of hydrogen-bond acceptors (Lipinski definition) is 16. The van der Waals surface area contributed by atoms with E-state index in [0.717, 1.165) is 78.4 Å². The van der Waals surface area contributed by atoms with Crippen LogP contribution in [-0.2, 0) is 60.7 Å². The smallest absolute Gasteiger partial charge is 0.399 e. The number of rotatable bonds is 19. The van der Waals surface area contributed by atoms with Gasteiger partial charge in [0.1, 0.15) is 22.1 Å². The van der Waals surface area contributed by atoms with Crippen LogP contribution in [0.15, 0.2) is 109 Å². The summed E-state index contributed by atoms with van der Waals surface area (Å²) in [6, 6.07) is 28.3. The molecule has 19 heteroatoms. The van der Waals surface area contributed by atoms with Crippen molar-refractivity contribution in [1.29, 1.82) is 0 Å². The average molecular weight is 2080 g/mol. The van der Waals surface area contributed by atoms with E-state index < -0.39 is 0 Å². The Kier molecular flexibility index (Phi) is 29.6. The van der Waals surface area contributed by atoms with E-state index in [9.17, 15) is 0 Å². The molecule has 0 N–H and O–H groups in total. The highest BCUT2D eigenvalue weighted by Gasteiger charge is 2.53. The van der Waals surface area contributed by atoms with Gasteiger partial charge in [-0.3, -0.25) is 0 Å². The molecule has 0 atom stereocenters. The van der Waals surface area contributed by atoms with Gasteiger partial charge in [-0.15, -0.1) is 90.7 Å². The van der Waals surface area contributed by atoms with Gasteiger partial charge in [-0.05, 0) is 290 Å². The monoisotopic (exact) mass is 2080 g/mol. The van der Waals surface area contributed by atoms with Crippen LogP contribution in [0.3, 0.4) is 0 Å². The van der Waals surface area contributed by atoms with Crippen molar-refractivity contribution >= 4 is 261 Å². The van der Waals surface area contributed by atoms with Crippen molar-refractivity contribution in [2.75, 3.05) is 0 Å². The first-order valence-corrected chi connectivity index (χ1v) is 62.0. The molecular formula is C114H133BBr2N4O2S10. The third-order valence-corrected chi connectivity index (χ3v) is 44.7. The summed E-state index contributed by atoms with van der Waals surface area (Å²) in [5, 5.41) is 23.6. The molecule has 133 heavy (non-hydrogen) atoms. The van der Waals surface area contributed by atoms with E-state index in [4.69, 9.17) is 18.1 Å². The Morgan fingerprint density at radius 2 is 0.496 bits per heavy atom. The second-order valence-corrected chi connectivity index (χ2v) is 53.6. The Morgan fingerprint density at radius 3 is 0.759 bits per heavy atom. The highest BCUT2D eigenvalue weighted by Crippen LogP contribution is 2.54. The summed E-state index contributed by atoms with van der Waals surface area (Å²) in [4.78, 5) is 2.73. The Hall–Kier alpha value is -4.42. The lowest BCUT2D eigenvalue weighted by atomic mass is 9.79. The first-order chi connectivity index (χ1) is 65.2. The van der Waals surface area contributed by atoms with Crippen LogP contribution in [0.2, 0.25) is 0 Å². The Balaban J connectivity index is 0.000000120.